The van der Waals surface area contributed by atoms with Crippen molar-refractivity contribution in [3.63, 3.8) is 0 Å². The molecule has 28 heavy (non-hydrogen) atoms. The zero-order valence-corrected chi connectivity index (χ0v) is 18.1. The summed E-state index contributed by atoms with van der Waals surface area (Å²) >= 11 is 3.49. The average Bonchev–Trinajstić information content (AvgIpc) is 3.27. The summed E-state index contributed by atoms with van der Waals surface area (Å²) in [5, 5.41) is 4.45. The molecule has 0 aliphatic heterocycles. The largest absolute Gasteiger partial charge is 0.485 e. The summed E-state index contributed by atoms with van der Waals surface area (Å²) in [4.78, 5) is 14.3. The SMILES string of the molecule is CCn1cc(Br)c(CN(C)C(=O)c2ccc(COc3c(C)cccc3C)o2)n1. The second-order valence-electron chi connectivity index (χ2n) is 6.72. The van der Waals surface area contributed by atoms with Crippen molar-refractivity contribution in [2.24, 2.45) is 0 Å². The highest BCUT2D eigenvalue weighted by Crippen LogP contribution is 2.24. The molecule has 0 spiro atoms. The van der Waals surface area contributed by atoms with Crippen molar-refractivity contribution in [2.75, 3.05) is 7.05 Å². The first kappa shape index (κ1) is 20.2. The van der Waals surface area contributed by atoms with E-state index in [9.17, 15) is 4.79 Å². The number of hydrogen-bond donors (Lipinski definition) is 0. The number of para-hydroxylation sites is 1. The van der Waals surface area contributed by atoms with Crippen molar-refractivity contribution in [3.8, 4) is 5.75 Å². The van der Waals surface area contributed by atoms with Crippen molar-refractivity contribution in [3.05, 3.63) is 69.3 Å². The average molecular weight is 446 g/mol. The smallest absolute Gasteiger partial charge is 0.289 e. The summed E-state index contributed by atoms with van der Waals surface area (Å²) in [5.41, 5.74) is 2.95. The molecule has 7 heteroatoms. The standard InChI is InChI=1S/C21H24BrN3O3/c1-5-25-11-17(22)18(23-25)12-24(4)21(26)19-10-9-16(28-19)13-27-20-14(2)7-6-8-15(20)3/h6-11H,5,12-13H2,1-4H3. The van der Waals surface area contributed by atoms with E-state index in [1.54, 1.807) is 24.1 Å². The third-order valence-electron chi connectivity index (χ3n) is 4.48. The number of carbonyl (C=O) groups is 1. The molecule has 0 fully saturated rings. The van der Waals surface area contributed by atoms with Gasteiger partial charge in [-0.1, -0.05) is 18.2 Å². The minimum Gasteiger partial charge on any atom is -0.485 e. The Hall–Kier alpha value is -2.54. The molecule has 3 rings (SSSR count). The van der Waals surface area contributed by atoms with Gasteiger partial charge in [0.15, 0.2) is 5.76 Å². The highest BCUT2D eigenvalue weighted by molar-refractivity contribution is 9.10. The van der Waals surface area contributed by atoms with Crippen LogP contribution in [0.2, 0.25) is 0 Å². The highest BCUT2D eigenvalue weighted by Gasteiger charge is 2.19. The maximum atomic E-state index is 12.7. The van der Waals surface area contributed by atoms with Crippen LogP contribution in [0.5, 0.6) is 5.75 Å². The molecule has 6 nitrogen and oxygen atoms in total. The van der Waals surface area contributed by atoms with E-state index in [1.807, 2.05) is 49.8 Å². The van der Waals surface area contributed by atoms with Crippen molar-refractivity contribution in [1.82, 2.24) is 14.7 Å². The van der Waals surface area contributed by atoms with Gasteiger partial charge in [0.1, 0.15) is 18.1 Å². The molecule has 2 heterocycles. The fourth-order valence-electron chi connectivity index (χ4n) is 2.93. The molecule has 0 N–H and O–H groups in total. The number of nitrogens with zero attached hydrogens (tertiary/aromatic N) is 3. The normalized spacial score (nSPS) is 10.9. The number of hydrogen-bond acceptors (Lipinski definition) is 4. The van der Waals surface area contributed by atoms with Crippen LogP contribution in [0.3, 0.4) is 0 Å². The summed E-state index contributed by atoms with van der Waals surface area (Å²) in [6.07, 6.45) is 1.91. The van der Waals surface area contributed by atoms with Gasteiger partial charge in [0.05, 0.1) is 16.7 Å². The topological polar surface area (TPSA) is 60.5 Å². The van der Waals surface area contributed by atoms with Crippen LogP contribution in [0.25, 0.3) is 0 Å². The lowest BCUT2D eigenvalue weighted by molar-refractivity contribution is 0.0747. The van der Waals surface area contributed by atoms with E-state index in [0.29, 0.717) is 12.3 Å². The molecular formula is C21H24BrN3O3. The summed E-state index contributed by atoms with van der Waals surface area (Å²) < 4.78 is 14.3. The molecule has 148 valence electrons. The molecular weight excluding hydrogens is 422 g/mol. The molecule has 0 saturated carbocycles. The number of aromatic nitrogens is 2. The Balaban J connectivity index is 1.64. The number of aryl methyl sites for hydroxylation is 3. The first-order chi connectivity index (χ1) is 13.4. The van der Waals surface area contributed by atoms with Gasteiger partial charge in [-0.3, -0.25) is 9.48 Å². The van der Waals surface area contributed by atoms with Crippen LogP contribution in [-0.4, -0.2) is 27.6 Å². The maximum Gasteiger partial charge on any atom is 0.289 e. The van der Waals surface area contributed by atoms with Crippen LogP contribution in [-0.2, 0) is 19.7 Å². The lowest BCUT2D eigenvalue weighted by atomic mass is 10.1. The molecule has 0 bridgehead atoms. The Morgan fingerprint density at radius 3 is 2.61 bits per heavy atom. The lowest BCUT2D eigenvalue weighted by Gasteiger charge is -2.14. The number of carbonyl (C=O) groups excluding carboxylic acids is 1. The quantitative estimate of drug-likeness (QED) is 0.527. The summed E-state index contributed by atoms with van der Waals surface area (Å²) in [7, 11) is 1.73. The van der Waals surface area contributed by atoms with Gasteiger partial charge in [-0.2, -0.15) is 5.10 Å². The molecule has 1 amide bonds. The third kappa shape index (κ3) is 4.47. The molecule has 1 aromatic carbocycles. The van der Waals surface area contributed by atoms with Crippen LogP contribution >= 0.6 is 15.9 Å². The van der Waals surface area contributed by atoms with E-state index in [2.05, 4.69) is 21.0 Å². The number of ether oxygens (including phenoxy) is 1. The highest BCUT2D eigenvalue weighted by atomic mass is 79.9. The Labute approximate surface area is 173 Å². The predicted octanol–water partition coefficient (Wildman–Crippen LogP) is 4.73. The Bertz CT molecular complexity index is 957. The Morgan fingerprint density at radius 2 is 1.96 bits per heavy atom. The monoisotopic (exact) mass is 445 g/mol. The molecule has 0 saturated heterocycles. The van der Waals surface area contributed by atoms with E-state index >= 15 is 0 Å². The van der Waals surface area contributed by atoms with E-state index in [-0.39, 0.29) is 18.3 Å². The van der Waals surface area contributed by atoms with Crippen molar-refractivity contribution in [1.29, 1.82) is 0 Å². The van der Waals surface area contributed by atoms with Gasteiger partial charge in [0.25, 0.3) is 5.91 Å². The van der Waals surface area contributed by atoms with Gasteiger partial charge >= 0.3 is 0 Å². The molecule has 2 aromatic heterocycles. The summed E-state index contributed by atoms with van der Waals surface area (Å²) in [5.74, 6) is 1.54. The minimum absolute atomic E-state index is 0.198. The Morgan fingerprint density at radius 1 is 1.25 bits per heavy atom. The van der Waals surface area contributed by atoms with Crippen molar-refractivity contribution >= 4 is 21.8 Å². The van der Waals surface area contributed by atoms with Crippen LogP contribution in [0, 0.1) is 13.8 Å². The molecule has 0 unspecified atom stereocenters. The zero-order chi connectivity index (χ0) is 20.3. The number of amides is 1. The molecule has 0 radical (unpaired) electrons. The Kier molecular flexibility index (Phi) is 6.24. The van der Waals surface area contributed by atoms with Gasteiger partial charge in [0.2, 0.25) is 0 Å². The second-order valence-corrected chi connectivity index (χ2v) is 7.57. The number of benzene rings is 1. The first-order valence-electron chi connectivity index (χ1n) is 9.14. The molecule has 3 aromatic rings. The van der Waals surface area contributed by atoms with Gasteiger partial charge in [-0.15, -0.1) is 0 Å². The van der Waals surface area contributed by atoms with Gasteiger partial charge < -0.3 is 14.1 Å². The number of halogens is 1. The first-order valence-corrected chi connectivity index (χ1v) is 9.93. The van der Waals surface area contributed by atoms with Crippen molar-refractivity contribution < 1.29 is 13.9 Å². The van der Waals surface area contributed by atoms with Gasteiger partial charge in [-0.25, -0.2) is 0 Å². The van der Waals surface area contributed by atoms with Crippen LogP contribution in [0.4, 0.5) is 0 Å². The van der Waals surface area contributed by atoms with Crippen molar-refractivity contribution in [2.45, 2.75) is 40.5 Å². The fraction of sp³-hybridized carbons (Fsp3) is 0.333. The molecule has 0 atom stereocenters. The number of furan rings is 1. The number of rotatable bonds is 7. The van der Waals surface area contributed by atoms with Crippen LogP contribution in [0.1, 0.15) is 40.1 Å². The van der Waals surface area contributed by atoms with E-state index in [1.165, 1.54) is 0 Å². The lowest BCUT2D eigenvalue weighted by Crippen LogP contribution is -2.26. The van der Waals surface area contributed by atoms with Crippen LogP contribution < -0.4 is 4.74 Å². The van der Waals surface area contributed by atoms with Crippen LogP contribution in [0.15, 0.2) is 45.4 Å². The van der Waals surface area contributed by atoms with Gasteiger partial charge in [-0.05, 0) is 60.0 Å². The van der Waals surface area contributed by atoms with E-state index < -0.39 is 0 Å². The summed E-state index contributed by atoms with van der Waals surface area (Å²) in [6, 6.07) is 9.47. The summed E-state index contributed by atoms with van der Waals surface area (Å²) in [6.45, 7) is 7.47. The minimum atomic E-state index is -0.198. The zero-order valence-electron chi connectivity index (χ0n) is 16.5. The molecule has 0 aliphatic carbocycles. The molecule has 0 aliphatic rings. The second kappa shape index (κ2) is 8.65. The maximum absolute atomic E-state index is 12.7. The fourth-order valence-corrected chi connectivity index (χ4v) is 3.37. The third-order valence-corrected chi connectivity index (χ3v) is 5.15. The predicted molar refractivity (Wildman–Crippen MR) is 110 cm³/mol. The van der Waals surface area contributed by atoms with Gasteiger partial charge in [0, 0.05) is 19.8 Å². The van der Waals surface area contributed by atoms with E-state index in [0.717, 1.165) is 33.6 Å². The van der Waals surface area contributed by atoms with E-state index in [4.69, 9.17) is 9.15 Å².